The van der Waals surface area contributed by atoms with Crippen LogP contribution in [-0.4, -0.2) is 43.0 Å². The van der Waals surface area contributed by atoms with Crippen molar-refractivity contribution in [1.29, 1.82) is 0 Å². The van der Waals surface area contributed by atoms with Gasteiger partial charge in [-0.2, -0.15) is 0 Å². The summed E-state index contributed by atoms with van der Waals surface area (Å²) < 4.78 is 0. The Morgan fingerprint density at radius 2 is 1.48 bits per heavy atom. The van der Waals surface area contributed by atoms with Gasteiger partial charge in [-0.05, 0) is 48.9 Å². The van der Waals surface area contributed by atoms with E-state index in [0.717, 1.165) is 19.0 Å². The third kappa shape index (κ3) is 4.99. The van der Waals surface area contributed by atoms with Gasteiger partial charge in [0, 0.05) is 11.1 Å². The van der Waals surface area contributed by atoms with Gasteiger partial charge in [0.1, 0.15) is 6.04 Å². The number of carboxylic acids is 1. The summed E-state index contributed by atoms with van der Waals surface area (Å²) in [6, 6.07) is 15.7. The maximum Gasteiger partial charge on any atom is 0.254 e. The molecule has 5 nitrogen and oxygen atoms in total. The molecule has 4 rings (SSSR count). The molecule has 1 amide bonds. The maximum atomic E-state index is 12.8. The van der Waals surface area contributed by atoms with Crippen LogP contribution in [0.15, 0.2) is 48.5 Å². The highest BCUT2D eigenvalue weighted by molar-refractivity contribution is 5.95. The third-order valence-electron chi connectivity index (χ3n) is 7.19. The SMILES string of the molecule is C[C@@H](c1ccc(C2CCCCC2)cc1)[NH+]1CCN(C(=O)c2ccc(C(=O)[O-])cc2)CC1. The summed E-state index contributed by atoms with van der Waals surface area (Å²) >= 11 is 0. The minimum Gasteiger partial charge on any atom is -0.545 e. The molecule has 2 aliphatic rings. The van der Waals surface area contributed by atoms with Crippen LogP contribution in [0.3, 0.4) is 0 Å². The Hall–Kier alpha value is -2.66. The van der Waals surface area contributed by atoms with E-state index in [2.05, 4.69) is 31.2 Å². The summed E-state index contributed by atoms with van der Waals surface area (Å²) in [5.74, 6) is -0.522. The number of carbonyl (C=O) groups is 2. The average Bonchev–Trinajstić information content (AvgIpc) is 2.84. The fraction of sp³-hybridized carbons (Fsp3) is 0.462. The van der Waals surface area contributed by atoms with Gasteiger partial charge in [0.15, 0.2) is 0 Å². The third-order valence-corrected chi connectivity index (χ3v) is 7.19. The zero-order chi connectivity index (χ0) is 21.8. The van der Waals surface area contributed by atoms with Crippen molar-refractivity contribution in [3.8, 4) is 0 Å². The first-order valence-electron chi connectivity index (χ1n) is 11.6. The molecule has 0 bridgehead atoms. The first-order valence-corrected chi connectivity index (χ1v) is 11.6. The van der Waals surface area contributed by atoms with Gasteiger partial charge in [0.25, 0.3) is 5.91 Å². The van der Waals surface area contributed by atoms with Crippen LogP contribution < -0.4 is 10.0 Å². The Kier molecular flexibility index (Phi) is 6.71. The van der Waals surface area contributed by atoms with Crippen molar-refractivity contribution in [3.63, 3.8) is 0 Å². The van der Waals surface area contributed by atoms with Gasteiger partial charge in [-0.1, -0.05) is 55.7 Å². The van der Waals surface area contributed by atoms with E-state index in [1.54, 1.807) is 12.1 Å². The van der Waals surface area contributed by atoms with Gasteiger partial charge in [-0.3, -0.25) is 4.79 Å². The molecule has 0 radical (unpaired) electrons. The molecular formula is C26H32N2O3. The summed E-state index contributed by atoms with van der Waals surface area (Å²) in [4.78, 5) is 27.0. The lowest BCUT2D eigenvalue weighted by molar-refractivity contribution is -0.933. The van der Waals surface area contributed by atoms with E-state index < -0.39 is 5.97 Å². The molecule has 31 heavy (non-hydrogen) atoms. The maximum absolute atomic E-state index is 12.8. The van der Waals surface area contributed by atoms with E-state index >= 15 is 0 Å². The van der Waals surface area contributed by atoms with E-state index in [0.29, 0.717) is 24.7 Å². The summed E-state index contributed by atoms with van der Waals surface area (Å²) in [6.45, 7) is 5.52. The number of carboxylic acid groups (broad SMARTS) is 1. The Morgan fingerprint density at radius 1 is 0.903 bits per heavy atom. The Balaban J connectivity index is 1.32. The molecule has 5 heteroatoms. The van der Waals surface area contributed by atoms with Crippen molar-refractivity contribution < 1.29 is 19.6 Å². The Bertz CT molecular complexity index is 893. The monoisotopic (exact) mass is 420 g/mol. The van der Waals surface area contributed by atoms with Crippen LogP contribution >= 0.6 is 0 Å². The van der Waals surface area contributed by atoms with Gasteiger partial charge in [-0.25, -0.2) is 0 Å². The Labute approximate surface area is 184 Å². The highest BCUT2D eigenvalue weighted by Crippen LogP contribution is 2.32. The van der Waals surface area contributed by atoms with Gasteiger partial charge >= 0.3 is 0 Å². The molecule has 1 aliphatic carbocycles. The molecule has 1 aliphatic heterocycles. The molecule has 0 aromatic heterocycles. The Morgan fingerprint density at radius 3 is 2.06 bits per heavy atom. The molecule has 2 aromatic rings. The largest absolute Gasteiger partial charge is 0.545 e. The smallest absolute Gasteiger partial charge is 0.254 e. The number of rotatable bonds is 5. The molecule has 2 fully saturated rings. The number of aromatic carboxylic acids is 1. The van der Waals surface area contributed by atoms with Crippen LogP contribution in [0.2, 0.25) is 0 Å². The van der Waals surface area contributed by atoms with Crippen LogP contribution in [0.5, 0.6) is 0 Å². The number of nitrogens with zero attached hydrogens (tertiary/aromatic N) is 1. The molecule has 0 spiro atoms. The van der Waals surface area contributed by atoms with Crippen molar-refractivity contribution in [2.45, 2.75) is 51.0 Å². The second-order valence-corrected chi connectivity index (χ2v) is 9.04. The van der Waals surface area contributed by atoms with Gasteiger partial charge < -0.3 is 19.7 Å². The first-order chi connectivity index (χ1) is 15.0. The minimum atomic E-state index is -1.23. The van der Waals surface area contributed by atoms with Gasteiger partial charge in [0.2, 0.25) is 0 Å². The molecule has 1 saturated heterocycles. The van der Waals surface area contributed by atoms with Gasteiger partial charge in [0.05, 0.1) is 32.1 Å². The number of piperazine rings is 1. The molecule has 1 N–H and O–H groups in total. The van der Waals surface area contributed by atoms with E-state index in [1.165, 1.54) is 60.3 Å². The predicted octanol–water partition coefficient (Wildman–Crippen LogP) is 2.20. The van der Waals surface area contributed by atoms with Gasteiger partial charge in [-0.15, -0.1) is 0 Å². The van der Waals surface area contributed by atoms with E-state index in [-0.39, 0.29) is 11.5 Å². The normalized spacial score (nSPS) is 19.2. The fourth-order valence-corrected chi connectivity index (χ4v) is 5.09. The number of amides is 1. The lowest BCUT2D eigenvalue weighted by Gasteiger charge is -2.35. The number of quaternary nitrogens is 1. The van der Waals surface area contributed by atoms with Crippen LogP contribution in [0.1, 0.15) is 82.8 Å². The number of hydrogen-bond donors (Lipinski definition) is 1. The molecule has 1 saturated carbocycles. The minimum absolute atomic E-state index is 0.0339. The summed E-state index contributed by atoms with van der Waals surface area (Å²) in [7, 11) is 0. The average molecular weight is 421 g/mol. The topological polar surface area (TPSA) is 64.9 Å². The quantitative estimate of drug-likeness (QED) is 0.807. The zero-order valence-corrected chi connectivity index (χ0v) is 18.3. The van der Waals surface area contributed by atoms with Crippen molar-refractivity contribution in [3.05, 3.63) is 70.8 Å². The molecule has 1 heterocycles. The summed E-state index contributed by atoms with van der Waals surface area (Å²) in [6.07, 6.45) is 6.75. The molecule has 0 unspecified atom stereocenters. The number of benzene rings is 2. The number of nitrogens with one attached hydrogen (secondary N) is 1. The molecule has 1 atom stereocenters. The first kappa shape index (κ1) is 21.6. The van der Waals surface area contributed by atoms with Crippen molar-refractivity contribution >= 4 is 11.9 Å². The molecular weight excluding hydrogens is 388 g/mol. The second kappa shape index (κ2) is 9.65. The number of carbonyl (C=O) groups excluding carboxylic acids is 2. The highest BCUT2D eigenvalue weighted by atomic mass is 16.4. The number of hydrogen-bond acceptors (Lipinski definition) is 3. The fourth-order valence-electron chi connectivity index (χ4n) is 5.09. The molecule has 164 valence electrons. The van der Waals surface area contributed by atoms with Crippen molar-refractivity contribution in [2.75, 3.05) is 26.2 Å². The van der Waals surface area contributed by atoms with E-state index in [9.17, 15) is 14.7 Å². The van der Waals surface area contributed by atoms with Crippen LogP contribution in [-0.2, 0) is 0 Å². The highest BCUT2D eigenvalue weighted by Gasteiger charge is 2.28. The van der Waals surface area contributed by atoms with Crippen LogP contribution in [0, 0.1) is 0 Å². The summed E-state index contributed by atoms with van der Waals surface area (Å²) in [5, 5.41) is 10.9. The van der Waals surface area contributed by atoms with E-state index in [1.807, 2.05) is 4.90 Å². The second-order valence-electron chi connectivity index (χ2n) is 9.04. The van der Waals surface area contributed by atoms with Crippen LogP contribution in [0.4, 0.5) is 0 Å². The lowest BCUT2D eigenvalue weighted by Crippen LogP contribution is -3.14. The predicted molar refractivity (Wildman–Crippen MR) is 118 cm³/mol. The van der Waals surface area contributed by atoms with Crippen molar-refractivity contribution in [1.82, 2.24) is 4.90 Å². The zero-order valence-electron chi connectivity index (χ0n) is 18.3. The van der Waals surface area contributed by atoms with Crippen molar-refractivity contribution in [2.24, 2.45) is 0 Å². The van der Waals surface area contributed by atoms with E-state index in [4.69, 9.17) is 0 Å². The summed E-state index contributed by atoms with van der Waals surface area (Å²) in [5.41, 5.74) is 3.48. The lowest BCUT2D eigenvalue weighted by atomic mass is 9.83. The van der Waals surface area contributed by atoms with Crippen LogP contribution in [0.25, 0.3) is 0 Å². The standard InChI is InChI=1S/C26H32N2O3/c1-19(20-7-9-22(10-8-20)21-5-3-2-4-6-21)27-15-17-28(18-16-27)25(29)23-11-13-24(14-12-23)26(30)31/h7-14,19,21H,2-6,15-18H2,1H3,(H,30,31)/t19-/m0/s1. The molecule has 2 aromatic carbocycles.